The summed E-state index contributed by atoms with van der Waals surface area (Å²) in [5, 5.41) is 0. The minimum Gasteiger partial charge on any atom is -0.457 e. The molecule has 0 aromatic heterocycles. The van der Waals surface area contributed by atoms with E-state index in [-0.39, 0.29) is 38.8 Å². The molecule has 0 aromatic carbocycles. The van der Waals surface area contributed by atoms with Crippen LogP contribution in [0.3, 0.4) is 0 Å². The highest BCUT2D eigenvalue weighted by atomic mass is 31.2. The lowest BCUT2D eigenvalue weighted by Crippen LogP contribution is -2.28. The van der Waals surface area contributed by atoms with E-state index in [2.05, 4.69) is 68.5 Å². The van der Waals surface area contributed by atoms with E-state index >= 15 is 0 Å². The molecule has 54 heavy (non-hydrogen) atoms. The summed E-state index contributed by atoms with van der Waals surface area (Å²) in [7, 11) is -4.30. The van der Waals surface area contributed by atoms with Crippen LogP contribution in [0, 0.1) is 0 Å². The molecule has 0 fully saturated rings. The second kappa shape index (κ2) is 41.8. The minimum atomic E-state index is -4.30. The summed E-state index contributed by atoms with van der Waals surface area (Å²) < 4.78 is 33.3. The van der Waals surface area contributed by atoms with Gasteiger partial charge in [0.05, 0.1) is 19.8 Å². The molecule has 0 aromatic rings. The Labute approximate surface area is 330 Å². The summed E-state index contributed by atoms with van der Waals surface area (Å²) >= 11 is 0. The average Bonchev–Trinajstić information content (AvgIpc) is 3.16. The minimum absolute atomic E-state index is 0.0783. The average molecular weight is 776 g/mol. The zero-order valence-electron chi connectivity index (χ0n) is 34.2. The van der Waals surface area contributed by atoms with Crippen molar-refractivity contribution in [1.29, 1.82) is 0 Å². The standard InChI is InChI=1S/C45H78NO7P/c1-3-5-7-9-11-13-15-17-19-20-21-22-23-25-27-29-31-33-35-37-40-50-42-44(43-52-54(48,49)51-41-39-46)53-45(47)38-36-34-32-30-28-26-24-18-16-14-12-10-8-6-4-2/h13,15,17-28,44H,3-12,14,16,29-43,46H2,1-2H3,(H,48,49). The van der Waals surface area contributed by atoms with Crippen LogP contribution in [0.15, 0.2) is 85.1 Å². The second-order valence-corrected chi connectivity index (χ2v) is 15.1. The molecular formula is C45H78NO7P. The van der Waals surface area contributed by atoms with Gasteiger partial charge >= 0.3 is 13.8 Å². The van der Waals surface area contributed by atoms with Crippen LogP contribution in [0.4, 0.5) is 0 Å². The number of carbonyl (C=O) groups excluding carboxylic acids is 1. The molecule has 0 radical (unpaired) electrons. The van der Waals surface area contributed by atoms with Gasteiger partial charge in [-0.05, 0) is 64.2 Å². The molecule has 0 aliphatic heterocycles. The number of hydrogen-bond acceptors (Lipinski definition) is 7. The lowest BCUT2D eigenvalue weighted by Gasteiger charge is -2.20. The molecule has 3 N–H and O–H groups in total. The third-order valence-corrected chi connectivity index (χ3v) is 9.42. The van der Waals surface area contributed by atoms with Gasteiger partial charge in [0.2, 0.25) is 0 Å². The van der Waals surface area contributed by atoms with Crippen LogP contribution in [-0.4, -0.2) is 49.9 Å². The molecule has 0 rings (SSSR count). The number of ether oxygens (including phenoxy) is 2. The summed E-state index contributed by atoms with van der Waals surface area (Å²) in [6, 6.07) is 0. The summed E-state index contributed by atoms with van der Waals surface area (Å²) in [5.41, 5.74) is 5.36. The monoisotopic (exact) mass is 776 g/mol. The van der Waals surface area contributed by atoms with E-state index in [0.29, 0.717) is 13.0 Å². The molecule has 9 heteroatoms. The quantitative estimate of drug-likeness (QED) is 0.0274. The SMILES string of the molecule is CCCCCCC=CC=CC=CC=CC=CCCCCCCOCC(COP(=O)(O)OCCN)OC(=O)CCCCCC=CC=CCCCCCCCC. The topological polar surface area (TPSA) is 117 Å². The van der Waals surface area contributed by atoms with Crippen molar-refractivity contribution in [2.24, 2.45) is 5.73 Å². The number of hydrogen-bond donors (Lipinski definition) is 2. The van der Waals surface area contributed by atoms with Crippen LogP contribution in [-0.2, 0) is 27.9 Å². The fraction of sp³-hybridized carbons (Fsp3) is 0.667. The van der Waals surface area contributed by atoms with Gasteiger partial charge in [-0.15, -0.1) is 0 Å². The first kappa shape index (κ1) is 51.7. The highest BCUT2D eigenvalue weighted by Crippen LogP contribution is 2.43. The van der Waals surface area contributed by atoms with Crippen molar-refractivity contribution in [3.63, 3.8) is 0 Å². The van der Waals surface area contributed by atoms with E-state index in [4.69, 9.17) is 24.3 Å². The number of allylic oxidation sites excluding steroid dienone is 14. The first-order valence-corrected chi connectivity index (χ1v) is 22.7. The molecule has 0 aliphatic carbocycles. The van der Waals surface area contributed by atoms with Crippen molar-refractivity contribution in [3.8, 4) is 0 Å². The molecule has 0 saturated carbocycles. The predicted octanol–water partition coefficient (Wildman–Crippen LogP) is 12.5. The highest BCUT2D eigenvalue weighted by molar-refractivity contribution is 7.47. The molecule has 0 spiro atoms. The Kier molecular flexibility index (Phi) is 40.0. The number of phosphoric ester groups is 1. The maximum absolute atomic E-state index is 12.6. The van der Waals surface area contributed by atoms with Gasteiger partial charge in [0.15, 0.2) is 0 Å². The Balaban J connectivity index is 4.21. The Hall–Kier alpha value is -2.32. The number of carbonyl (C=O) groups is 1. The van der Waals surface area contributed by atoms with Crippen LogP contribution >= 0.6 is 7.82 Å². The zero-order valence-corrected chi connectivity index (χ0v) is 35.1. The Morgan fingerprint density at radius 2 is 0.981 bits per heavy atom. The van der Waals surface area contributed by atoms with Crippen LogP contribution in [0.5, 0.6) is 0 Å². The van der Waals surface area contributed by atoms with Crippen molar-refractivity contribution in [1.82, 2.24) is 0 Å². The van der Waals surface area contributed by atoms with E-state index in [0.717, 1.165) is 64.2 Å². The first-order valence-electron chi connectivity index (χ1n) is 21.2. The van der Waals surface area contributed by atoms with E-state index in [1.807, 2.05) is 30.4 Å². The van der Waals surface area contributed by atoms with Gasteiger partial charge < -0.3 is 20.1 Å². The Morgan fingerprint density at radius 3 is 1.50 bits per heavy atom. The lowest BCUT2D eigenvalue weighted by atomic mass is 10.1. The van der Waals surface area contributed by atoms with E-state index in [1.54, 1.807) is 0 Å². The molecule has 0 saturated heterocycles. The van der Waals surface area contributed by atoms with E-state index in [9.17, 15) is 14.3 Å². The smallest absolute Gasteiger partial charge is 0.457 e. The van der Waals surface area contributed by atoms with Crippen LogP contribution < -0.4 is 5.73 Å². The van der Waals surface area contributed by atoms with Gasteiger partial charge in [0, 0.05) is 19.6 Å². The molecule has 2 atom stereocenters. The number of nitrogens with two attached hydrogens (primary N) is 1. The maximum Gasteiger partial charge on any atom is 0.472 e. The van der Waals surface area contributed by atoms with Crippen molar-refractivity contribution in [2.45, 2.75) is 161 Å². The molecule has 2 unspecified atom stereocenters. The van der Waals surface area contributed by atoms with E-state index in [1.165, 1.54) is 64.2 Å². The molecule has 0 aliphatic rings. The summed E-state index contributed by atoms with van der Waals surface area (Å²) in [6.45, 7) is 4.74. The largest absolute Gasteiger partial charge is 0.472 e. The molecular weight excluding hydrogens is 697 g/mol. The maximum atomic E-state index is 12.6. The summed E-state index contributed by atoms with van der Waals surface area (Å²) in [6.07, 6.45) is 53.1. The fourth-order valence-corrected chi connectivity index (χ4v) is 6.07. The van der Waals surface area contributed by atoms with Crippen molar-refractivity contribution >= 4 is 13.8 Å². The molecule has 310 valence electrons. The summed E-state index contributed by atoms with van der Waals surface area (Å²) in [5.74, 6) is -0.372. The van der Waals surface area contributed by atoms with Crippen LogP contribution in [0.25, 0.3) is 0 Å². The third kappa shape index (κ3) is 40.9. The van der Waals surface area contributed by atoms with Crippen molar-refractivity contribution < 1.29 is 32.8 Å². The van der Waals surface area contributed by atoms with Gasteiger partial charge in [0.1, 0.15) is 6.10 Å². The number of phosphoric acid groups is 1. The lowest BCUT2D eigenvalue weighted by molar-refractivity contribution is -0.154. The fourth-order valence-electron chi connectivity index (χ4n) is 5.30. The normalized spacial score (nSPS) is 14.4. The molecule has 8 nitrogen and oxygen atoms in total. The first-order chi connectivity index (χ1) is 26.4. The van der Waals surface area contributed by atoms with Gasteiger partial charge in [-0.3, -0.25) is 13.8 Å². The number of rotatable bonds is 39. The molecule has 0 heterocycles. The predicted molar refractivity (Wildman–Crippen MR) is 228 cm³/mol. The van der Waals surface area contributed by atoms with Crippen LogP contribution in [0.2, 0.25) is 0 Å². The molecule has 0 bridgehead atoms. The second-order valence-electron chi connectivity index (χ2n) is 13.6. The van der Waals surface area contributed by atoms with Crippen molar-refractivity contribution in [3.05, 3.63) is 85.1 Å². The molecule has 0 amide bonds. The third-order valence-electron chi connectivity index (χ3n) is 8.44. The zero-order chi connectivity index (χ0) is 39.5. The van der Waals surface area contributed by atoms with Gasteiger partial charge in [-0.1, -0.05) is 170 Å². The van der Waals surface area contributed by atoms with Gasteiger partial charge in [-0.25, -0.2) is 4.57 Å². The summed E-state index contributed by atoms with van der Waals surface area (Å²) in [4.78, 5) is 22.4. The Bertz CT molecular complexity index is 1100. The number of esters is 1. The van der Waals surface area contributed by atoms with Crippen molar-refractivity contribution in [2.75, 3.05) is 33.0 Å². The van der Waals surface area contributed by atoms with Crippen LogP contribution in [0.1, 0.15) is 155 Å². The highest BCUT2D eigenvalue weighted by Gasteiger charge is 2.25. The van der Waals surface area contributed by atoms with Gasteiger partial charge in [-0.2, -0.15) is 0 Å². The Morgan fingerprint density at radius 1 is 0.556 bits per heavy atom. The van der Waals surface area contributed by atoms with E-state index < -0.39 is 13.9 Å². The number of unbranched alkanes of at least 4 members (excludes halogenated alkanes) is 17. The van der Waals surface area contributed by atoms with Gasteiger partial charge in [0.25, 0.3) is 0 Å².